The van der Waals surface area contributed by atoms with E-state index in [1.54, 1.807) is 0 Å². The van der Waals surface area contributed by atoms with Gasteiger partial charge in [0.25, 0.3) is 0 Å². The minimum absolute atomic E-state index is 0.123. The van der Waals surface area contributed by atoms with Crippen molar-refractivity contribution >= 4 is 11.6 Å². The maximum atomic E-state index is 6.16. The molecule has 0 aromatic heterocycles. The summed E-state index contributed by atoms with van der Waals surface area (Å²) in [5.41, 5.74) is 6.82. The molecule has 0 unspecified atom stereocenters. The first-order valence-corrected chi connectivity index (χ1v) is 5.36. The van der Waals surface area contributed by atoms with Crippen LogP contribution in [0.3, 0.4) is 0 Å². The van der Waals surface area contributed by atoms with Gasteiger partial charge >= 0.3 is 0 Å². The molecule has 76 valence electrons. The fourth-order valence-corrected chi connectivity index (χ4v) is 2.14. The van der Waals surface area contributed by atoms with E-state index in [9.17, 15) is 0 Å². The lowest BCUT2D eigenvalue weighted by Gasteiger charge is -2.18. The van der Waals surface area contributed by atoms with E-state index in [1.165, 1.54) is 5.56 Å². The zero-order valence-electron chi connectivity index (χ0n) is 8.09. The molecule has 0 spiro atoms. The van der Waals surface area contributed by atoms with Crippen LogP contribution in [0.1, 0.15) is 18.4 Å². The van der Waals surface area contributed by atoms with E-state index in [4.69, 9.17) is 17.3 Å². The lowest BCUT2D eigenvalue weighted by molar-refractivity contribution is 0.527. The summed E-state index contributed by atoms with van der Waals surface area (Å²) in [5, 5.41) is 4.32. The third kappa shape index (κ3) is 1.78. The lowest BCUT2D eigenvalue weighted by Crippen LogP contribution is -2.33. The van der Waals surface area contributed by atoms with Crippen molar-refractivity contribution < 1.29 is 0 Å². The summed E-state index contributed by atoms with van der Waals surface area (Å²) in [6.45, 7) is 1.53. The molecule has 1 aliphatic rings. The molecule has 0 heterocycles. The van der Waals surface area contributed by atoms with Crippen LogP contribution in [-0.2, 0) is 5.54 Å². The summed E-state index contributed by atoms with van der Waals surface area (Å²) in [6, 6.07) is 8.04. The molecular formula is C11H15ClN2. The predicted octanol–water partition coefficient (Wildman–Crippen LogP) is 1.88. The summed E-state index contributed by atoms with van der Waals surface area (Å²) in [6.07, 6.45) is 2.33. The first-order valence-electron chi connectivity index (χ1n) is 4.99. The monoisotopic (exact) mass is 210 g/mol. The molecule has 1 aromatic rings. The quantitative estimate of drug-likeness (QED) is 0.797. The molecule has 2 nitrogen and oxygen atoms in total. The Morgan fingerprint density at radius 2 is 2.07 bits per heavy atom. The standard InChI is InChI=1S/C11H15ClN2/c12-10-4-2-1-3-9(10)11(5-6-11)14-8-7-13/h1-4,14H,5-8,13H2. The lowest BCUT2D eigenvalue weighted by atomic mass is 10.1. The molecule has 0 saturated heterocycles. The van der Waals surface area contributed by atoms with Crippen LogP contribution in [-0.4, -0.2) is 13.1 Å². The third-order valence-electron chi connectivity index (χ3n) is 2.75. The van der Waals surface area contributed by atoms with E-state index >= 15 is 0 Å². The second-order valence-electron chi connectivity index (χ2n) is 3.78. The molecule has 1 aromatic carbocycles. The number of nitrogens with one attached hydrogen (secondary N) is 1. The predicted molar refractivity (Wildman–Crippen MR) is 59.4 cm³/mol. The van der Waals surface area contributed by atoms with Gasteiger partial charge in [0.15, 0.2) is 0 Å². The molecule has 1 saturated carbocycles. The van der Waals surface area contributed by atoms with Crippen molar-refractivity contribution in [3.63, 3.8) is 0 Å². The molecule has 2 rings (SSSR count). The molecular weight excluding hydrogens is 196 g/mol. The Hall–Kier alpha value is -0.570. The van der Waals surface area contributed by atoms with Gasteiger partial charge in [-0.2, -0.15) is 0 Å². The Bertz CT molecular complexity index is 321. The van der Waals surface area contributed by atoms with E-state index in [0.717, 1.165) is 24.4 Å². The van der Waals surface area contributed by atoms with Gasteiger partial charge < -0.3 is 11.1 Å². The maximum Gasteiger partial charge on any atom is 0.0456 e. The van der Waals surface area contributed by atoms with Crippen LogP contribution in [0.2, 0.25) is 5.02 Å². The van der Waals surface area contributed by atoms with Crippen molar-refractivity contribution in [1.82, 2.24) is 5.32 Å². The van der Waals surface area contributed by atoms with E-state index < -0.39 is 0 Å². The molecule has 0 atom stereocenters. The normalized spacial score (nSPS) is 18.1. The second kappa shape index (κ2) is 3.89. The minimum atomic E-state index is 0.123. The fraction of sp³-hybridized carbons (Fsp3) is 0.455. The summed E-state index contributed by atoms with van der Waals surface area (Å²) >= 11 is 6.16. The van der Waals surface area contributed by atoms with Gasteiger partial charge in [0.1, 0.15) is 0 Å². The van der Waals surface area contributed by atoms with Crippen LogP contribution >= 0.6 is 11.6 Å². The van der Waals surface area contributed by atoms with Gasteiger partial charge in [0.2, 0.25) is 0 Å². The van der Waals surface area contributed by atoms with Crippen LogP contribution in [0.5, 0.6) is 0 Å². The van der Waals surface area contributed by atoms with Crippen LogP contribution in [0, 0.1) is 0 Å². The number of hydrogen-bond donors (Lipinski definition) is 2. The molecule has 3 N–H and O–H groups in total. The highest BCUT2D eigenvalue weighted by Gasteiger charge is 2.44. The highest BCUT2D eigenvalue weighted by molar-refractivity contribution is 6.31. The smallest absolute Gasteiger partial charge is 0.0456 e. The number of rotatable bonds is 4. The average molecular weight is 211 g/mol. The Morgan fingerprint density at radius 1 is 1.36 bits per heavy atom. The molecule has 14 heavy (non-hydrogen) atoms. The number of halogens is 1. The third-order valence-corrected chi connectivity index (χ3v) is 3.08. The van der Waals surface area contributed by atoms with Gasteiger partial charge in [0, 0.05) is 23.7 Å². The Morgan fingerprint density at radius 3 is 2.64 bits per heavy atom. The highest BCUT2D eigenvalue weighted by atomic mass is 35.5. The van der Waals surface area contributed by atoms with Crippen LogP contribution in [0.25, 0.3) is 0 Å². The largest absolute Gasteiger partial charge is 0.329 e. The summed E-state index contributed by atoms with van der Waals surface area (Å²) in [5.74, 6) is 0. The zero-order chi connectivity index (χ0) is 10.0. The first kappa shape index (κ1) is 9.97. The SMILES string of the molecule is NCCNC1(c2ccccc2Cl)CC1. The average Bonchev–Trinajstić information content (AvgIpc) is 2.97. The first-order chi connectivity index (χ1) is 6.78. The fourth-order valence-electron chi connectivity index (χ4n) is 1.83. The van der Waals surface area contributed by atoms with Gasteiger partial charge in [-0.3, -0.25) is 0 Å². The number of hydrogen-bond acceptors (Lipinski definition) is 2. The van der Waals surface area contributed by atoms with Crippen LogP contribution in [0.15, 0.2) is 24.3 Å². The topological polar surface area (TPSA) is 38.0 Å². The van der Waals surface area contributed by atoms with Crippen molar-refractivity contribution in [1.29, 1.82) is 0 Å². The Kier molecular flexibility index (Phi) is 2.77. The van der Waals surface area contributed by atoms with Crippen LogP contribution < -0.4 is 11.1 Å². The van der Waals surface area contributed by atoms with Gasteiger partial charge in [0.05, 0.1) is 0 Å². The highest BCUT2D eigenvalue weighted by Crippen LogP contribution is 2.47. The van der Waals surface area contributed by atoms with E-state index in [0.29, 0.717) is 6.54 Å². The Balaban J connectivity index is 2.18. The summed E-state index contributed by atoms with van der Waals surface area (Å²) in [7, 11) is 0. The van der Waals surface area contributed by atoms with Gasteiger partial charge in [-0.1, -0.05) is 29.8 Å². The minimum Gasteiger partial charge on any atom is -0.329 e. The molecule has 0 amide bonds. The van der Waals surface area contributed by atoms with Crippen LogP contribution in [0.4, 0.5) is 0 Å². The summed E-state index contributed by atoms with van der Waals surface area (Å²) < 4.78 is 0. The summed E-state index contributed by atoms with van der Waals surface area (Å²) in [4.78, 5) is 0. The van der Waals surface area contributed by atoms with E-state index in [1.807, 2.05) is 18.2 Å². The van der Waals surface area contributed by atoms with E-state index in [2.05, 4.69) is 11.4 Å². The van der Waals surface area contributed by atoms with Crippen molar-refractivity contribution in [3.05, 3.63) is 34.9 Å². The number of benzene rings is 1. The molecule has 0 aliphatic heterocycles. The Labute approximate surface area is 89.4 Å². The second-order valence-corrected chi connectivity index (χ2v) is 4.18. The van der Waals surface area contributed by atoms with Crippen molar-refractivity contribution in [3.8, 4) is 0 Å². The molecule has 3 heteroatoms. The zero-order valence-corrected chi connectivity index (χ0v) is 8.85. The maximum absolute atomic E-state index is 6.16. The van der Waals surface area contributed by atoms with E-state index in [-0.39, 0.29) is 5.54 Å². The van der Waals surface area contributed by atoms with Crippen molar-refractivity contribution in [2.24, 2.45) is 5.73 Å². The number of nitrogens with two attached hydrogens (primary N) is 1. The van der Waals surface area contributed by atoms with Crippen molar-refractivity contribution in [2.45, 2.75) is 18.4 Å². The molecule has 0 radical (unpaired) electrons. The van der Waals surface area contributed by atoms with Gasteiger partial charge in [-0.05, 0) is 24.5 Å². The molecule has 1 fully saturated rings. The van der Waals surface area contributed by atoms with Gasteiger partial charge in [-0.15, -0.1) is 0 Å². The molecule has 0 bridgehead atoms. The van der Waals surface area contributed by atoms with Gasteiger partial charge in [-0.25, -0.2) is 0 Å². The molecule has 1 aliphatic carbocycles. The van der Waals surface area contributed by atoms with Crippen molar-refractivity contribution in [2.75, 3.05) is 13.1 Å².